The summed E-state index contributed by atoms with van der Waals surface area (Å²) in [5.41, 5.74) is 3.30. The second-order valence-electron chi connectivity index (χ2n) is 7.54. The fourth-order valence-electron chi connectivity index (χ4n) is 3.34. The van der Waals surface area contributed by atoms with Crippen LogP contribution in [0.25, 0.3) is 0 Å². The van der Waals surface area contributed by atoms with Crippen LogP contribution in [0.5, 0.6) is 0 Å². The molecule has 3 heterocycles. The molecule has 1 saturated heterocycles. The minimum atomic E-state index is -0.418. The van der Waals surface area contributed by atoms with Gasteiger partial charge in [-0.15, -0.1) is 0 Å². The summed E-state index contributed by atoms with van der Waals surface area (Å²) in [4.78, 5) is 19.9. The topological polar surface area (TPSA) is 70.6 Å². The molecular weight excluding hydrogens is 304 g/mol. The predicted octanol–water partition coefficient (Wildman–Crippen LogP) is 3.04. The van der Waals surface area contributed by atoms with Crippen LogP contribution >= 0.6 is 0 Å². The Kier molecular flexibility index (Phi) is 4.92. The summed E-state index contributed by atoms with van der Waals surface area (Å²) < 4.78 is 0. The molecule has 1 N–H and O–H groups in total. The maximum Gasteiger partial charge on any atom is 0.266 e. The molecule has 1 fully saturated rings. The van der Waals surface area contributed by atoms with E-state index in [1.54, 1.807) is 0 Å². The van der Waals surface area contributed by atoms with Crippen molar-refractivity contribution in [1.29, 1.82) is 0 Å². The number of hydrogen-bond donors (Lipinski definition) is 1. The van der Waals surface area contributed by atoms with Crippen LogP contribution in [0.15, 0.2) is 11.2 Å². The Balaban J connectivity index is 1.52. The zero-order valence-corrected chi connectivity index (χ0v) is 15.1. The van der Waals surface area contributed by atoms with E-state index in [9.17, 15) is 4.79 Å². The van der Waals surface area contributed by atoms with Crippen molar-refractivity contribution in [2.75, 3.05) is 13.1 Å². The normalized spacial score (nSPS) is 22.2. The highest BCUT2D eigenvalue weighted by molar-refractivity contribution is 5.93. The van der Waals surface area contributed by atoms with Crippen LogP contribution in [-0.2, 0) is 9.63 Å². The Morgan fingerprint density at radius 3 is 2.50 bits per heavy atom. The third-order valence-corrected chi connectivity index (χ3v) is 5.09. The molecule has 6 nitrogen and oxygen atoms in total. The molecule has 0 saturated carbocycles. The first-order chi connectivity index (χ1) is 11.5. The molecule has 6 heteroatoms. The second-order valence-corrected chi connectivity index (χ2v) is 7.54. The first-order valence-corrected chi connectivity index (χ1v) is 9.02. The van der Waals surface area contributed by atoms with Gasteiger partial charge in [-0.3, -0.25) is 9.89 Å². The highest BCUT2D eigenvalue weighted by Gasteiger charge is 2.34. The van der Waals surface area contributed by atoms with Crippen molar-refractivity contribution in [1.82, 2.24) is 15.1 Å². The van der Waals surface area contributed by atoms with Gasteiger partial charge in [0.15, 0.2) is 0 Å². The highest BCUT2D eigenvalue weighted by Crippen LogP contribution is 2.29. The van der Waals surface area contributed by atoms with Gasteiger partial charge in [-0.2, -0.15) is 5.10 Å². The lowest BCUT2D eigenvalue weighted by Gasteiger charge is -2.32. The maximum absolute atomic E-state index is 12.6. The van der Waals surface area contributed by atoms with E-state index >= 15 is 0 Å². The van der Waals surface area contributed by atoms with E-state index in [0.29, 0.717) is 24.2 Å². The zero-order chi connectivity index (χ0) is 17.3. The van der Waals surface area contributed by atoms with Crippen molar-refractivity contribution in [2.45, 2.75) is 64.9 Å². The molecule has 2 aliphatic rings. The maximum atomic E-state index is 12.6. The molecule has 0 spiro atoms. The number of carbonyl (C=O) groups is 1. The highest BCUT2D eigenvalue weighted by atomic mass is 16.6. The van der Waals surface area contributed by atoms with E-state index in [1.807, 2.05) is 4.90 Å². The molecule has 0 aliphatic carbocycles. The molecule has 3 rings (SSSR count). The van der Waals surface area contributed by atoms with Gasteiger partial charge >= 0.3 is 0 Å². The molecule has 1 aromatic heterocycles. The molecule has 132 valence electrons. The Morgan fingerprint density at radius 2 is 1.96 bits per heavy atom. The number of likely N-dealkylation sites (tertiary alicyclic amines) is 1. The van der Waals surface area contributed by atoms with E-state index in [2.05, 4.69) is 49.1 Å². The lowest BCUT2D eigenvalue weighted by Crippen LogP contribution is -2.43. The summed E-state index contributed by atoms with van der Waals surface area (Å²) in [5, 5.41) is 11.6. The predicted molar refractivity (Wildman–Crippen MR) is 93.0 cm³/mol. The van der Waals surface area contributed by atoms with Crippen LogP contribution in [0.4, 0.5) is 0 Å². The van der Waals surface area contributed by atoms with Crippen LogP contribution in [0.2, 0.25) is 0 Å². The number of rotatable bonds is 4. The quantitative estimate of drug-likeness (QED) is 0.921. The standard InChI is InChI=1S/C18H28N4O2/c1-11(2)14-9-16(20-19-14)13-5-7-22(8-6-13)18(23)17-10-15(12(3)4)21-24-17/h9,11-13,17H,5-8,10H2,1-4H3,(H,19,20)/t17-/m0/s1. The van der Waals surface area contributed by atoms with Gasteiger partial charge in [-0.25, -0.2) is 0 Å². The third-order valence-electron chi connectivity index (χ3n) is 5.09. The van der Waals surface area contributed by atoms with Crippen molar-refractivity contribution in [3.63, 3.8) is 0 Å². The lowest BCUT2D eigenvalue weighted by molar-refractivity contribution is -0.143. The van der Waals surface area contributed by atoms with E-state index in [0.717, 1.165) is 37.3 Å². The van der Waals surface area contributed by atoms with Crippen LogP contribution in [0, 0.1) is 5.92 Å². The Hall–Kier alpha value is -1.85. The van der Waals surface area contributed by atoms with Gasteiger partial charge in [0.1, 0.15) is 0 Å². The van der Waals surface area contributed by atoms with E-state index < -0.39 is 6.10 Å². The number of hydrogen-bond acceptors (Lipinski definition) is 4. The summed E-state index contributed by atoms with van der Waals surface area (Å²) in [6.07, 6.45) is 2.15. The first-order valence-electron chi connectivity index (χ1n) is 9.02. The van der Waals surface area contributed by atoms with Crippen molar-refractivity contribution in [3.8, 4) is 0 Å². The van der Waals surface area contributed by atoms with Gasteiger partial charge < -0.3 is 9.74 Å². The number of piperidine rings is 1. The fourth-order valence-corrected chi connectivity index (χ4v) is 3.34. The number of amides is 1. The van der Waals surface area contributed by atoms with Gasteiger partial charge in [0.25, 0.3) is 5.91 Å². The molecule has 0 aromatic carbocycles. The van der Waals surface area contributed by atoms with E-state index in [1.165, 1.54) is 5.69 Å². The molecule has 1 aromatic rings. The molecule has 0 unspecified atom stereocenters. The molecule has 1 amide bonds. The van der Waals surface area contributed by atoms with Gasteiger partial charge in [0.2, 0.25) is 6.10 Å². The van der Waals surface area contributed by atoms with Crippen molar-refractivity contribution >= 4 is 11.6 Å². The summed E-state index contributed by atoms with van der Waals surface area (Å²) in [5.74, 6) is 1.32. The Morgan fingerprint density at radius 1 is 1.25 bits per heavy atom. The molecular formula is C18H28N4O2. The average molecular weight is 332 g/mol. The van der Waals surface area contributed by atoms with E-state index in [-0.39, 0.29) is 5.91 Å². The van der Waals surface area contributed by atoms with Crippen LogP contribution in [0.3, 0.4) is 0 Å². The Bertz CT molecular complexity index is 612. The number of nitrogens with zero attached hydrogens (tertiary/aromatic N) is 3. The van der Waals surface area contributed by atoms with Crippen molar-refractivity contribution in [3.05, 3.63) is 17.5 Å². The summed E-state index contributed by atoms with van der Waals surface area (Å²) in [6, 6.07) is 2.18. The molecule has 2 aliphatic heterocycles. The number of H-pyrrole nitrogens is 1. The minimum Gasteiger partial charge on any atom is -0.382 e. The third kappa shape index (κ3) is 3.47. The summed E-state index contributed by atoms with van der Waals surface area (Å²) in [7, 11) is 0. The largest absolute Gasteiger partial charge is 0.382 e. The summed E-state index contributed by atoms with van der Waals surface area (Å²) >= 11 is 0. The smallest absolute Gasteiger partial charge is 0.266 e. The van der Waals surface area contributed by atoms with Gasteiger partial charge in [-0.1, -0.05) is 32.9 Å². The SMILES string of the molecule is CC(C)C1=NO[C@H](C(=O)N2CCC(c3cc(C(C)C)n[nH]3)CC2)C1. The molecule has 1 atom stereocenters. The van der Waals surface area contributed by atoms with Gasteiger partial charge in [-0.05, 0) is 30.7 Å². The minimum absolute atomic E-state index is 0.0836. The first kappa shape index (κ1) is 17.0. The van der Waals surface area contributed by atoms with Crippen molar-refractivity contribution < 1.29 is 9.63 Å². The number of oxime groups is 1. The van der Waals surface area contributed by atoms with Crippen LogP contribution in [0.1, 0.15) is 70.2 Å². The second kappa shape index (κ2) is 6.95. The van der Waals surface area contributed by atoms with E-state index in [4.69, 9.17) is 4.84 Å². The molecule has 24 heavy (non-hydrogen) atoms. The molecule has 0 radical (unpaired) electrons. The number of aromatic amines is 1. The van der Waals surface area contributed by atoms with Crippen LogP contribution < -0.4 is 0 Å². The Labute approximate surface area is 143 Å². The van der Waals surface area contributed by atoms with Crippen LogP contribution in [-0.4, -0.2) is 45.9 Å². The lowest BCUT2D eigenvalue weighted by atomic mass is 9.92. The number of aromatic nitrogens is 2. The summed E-state index contributed by atoms with van der Waals surface area (Å²) in [6.45, 7) is 10.0. The monoisotopic (exact) mass is 332 g/mol. The van der Waals surface area contributed by atoms with Gasteiger partial charge in [0, 0.05) is 31.1 Å². The van der Waals surface area contributed by atoms with Gasteiger partial charge in [0.05, 0.1) is 11.4 Å². The average Bonchev–Trinajstić information content (AvgIpc) is 3.24. The fraction of sp³-hybridized carbons (Fsp3) is 0.722. The van der Waals surface area contributed by atoms with Crippen molar-refractivity contribution in [2.24, 2.45) is 11.1 Å². The number of nitrogens with one attached hydrogen (secondary N) is 1. The zero-order valence-electron chi connectivity index (χ0n) is 15.1. The number of carbonyl (C=O) groups excluding carboxylic acids is 1. The molecule has 0 bridgehead atoms.